The number of fused-ring (bicyclic) bond motifs is 3. The van der Waals surface area contributed by atoms with Gasteiger partial charge in [0, 0.05) is 19.4 Å². The van der Waals surface area contributed by atoms with Crippen molar-refractivity contribution in [2.45, 2.75) is 6.18 Å². The Kier molecular flexibility index (Phi) is 2.16. The third kappa shape index (κ3) is 1.65. The molecule has 0 fully saturated rings. The van der Waals surface area contributed by atoms with E-state index in [0.717, 1.165) is 4.52 Å². The zero-order chi connectivity index (χ0) is 13.8. The summed E-state index contributed by atoms with van der Waals surface area (Å²) in [5.74, 6) is -1.48. The second-order valence-corrected chi connectivity index (χ2v) is 3.93. The van der Waals surface area contributed by atoms with Gasteiger partial charge in [0.05, 0.1) is 10.9 Å². The topological polar surface area (TPSA) is 65.1 Å². The number of pyridine rings is 1. The molecular weight excluding hydrogens is 263 g/mol. The number of hydrogen-bond acceptors (Lipinski definition) is 4. The number of halogens is 3. The Morgan fingerprint density at radius 3 is 2.74 bits per heavy atom. The maximum Gasteiger partial charge on any atom is 0.453 e. The molecule has 0 spiro atoms. The summed E-state index contributed by atoms with van der Waals surface area (Å²) in [7, 11) is 1.54. The molecule has 3 heterocycles. The van der Waals surface area contributed by atoms with E-state index in [9.17, 15) is 18.0 Å². The van der Waals surface area contributed by atoms with Gasteiger partial charge in [-0.1, -0.05) is 0 Å². The van der Waals surface area contributed by atoms with Crippen molar-refractivity contribution in [1.82, 2.24) is 24.1 Å². The number of alkyl halides is 3. The molecule has 0 atom stereocenters. The van der Waals surface area contributed by atoms with E-state index in [1.807, 2.05) is 0 Å². The van der Waals surface area contributed by atoms with E-state index >= 15 is 0 Å². The van der Waals surface area contributed by atoms with Gasteiger partial charge in [0.25, 0.3) is 17.2 Å². The van der Waals surface area contributed by atoms with E-state index in [4.69, 9.17) is 0 Å². The molecule has 0 saturated carbocycles. The maximum absolute atomic E-state index is 12.5. The van der Waals surface area contributed by atoms with E-state index in [1.54, 1.807) is 0 Å². The van der Waals surface area contributed by atoms with E-state index in [2.05, 4.69) is 15.1 Å². The Balaban J connectivity index is 2.44. The molecule has 0 amide bonds. The first kappa shape index (κ1) is 11.6. The molecule has 0 aromatic carbocycles. The van der Waals surface area contributed by atoms with Crippen LogP contribution in [0.25, 0.3) is 16.7 Å². The standard InChI is InChI=1S/C10H6F3N5O/c1-17-3-2-6-5(7(17)19)4-14-9-15-8(10(11,12)13)16-18(6)9/h2-4H,1H3. The lowest BCUT2D eigenvalue weighted by Crippen LogP contribution is -2.17. The van der Waals surface area contributed by atoms with Gasteiger partial charge in [0.15, 0.2) is 0 Å². The molecule has 0 N–H and O–H groups in total. The van der Waals surface area contributed by atoms with Crippen LogP contribution in [0.2, 0.25) is 0 Å². The van der Waals surface area contributed by atoms with Crippen LogP contribution in [-0.4, -0.2) is 24.1 Å². The Bertz CT molecular complexity index is 848. The zero-order valence-electron chi connectivity index (χ0n) is 9.51. The summed E-state index contributed by atoms with van der Waals surface area (Å²) in [5.41, 5.74) is -0.132. The second-order valence-electron chi connectivity index (χ2n) is 3.93. The molecule has 3 aromatic rings. The Morgan fingerprint density at radius 1 is 1.32 bits per heavy atom. The van der Waals surface area contributed by atoms with Crippen LogP contribution in [0, 0.1) is 0 Å². The molecule has 0 radical (unpaired) electrons. The van der Waals surface area contributed by atoms with Crippen molar-refractivity contribution in [3.8, 4) is 0 Å². The van der Waals surface area contributed by atoms with Crippen LogP contribution in [0.3, 0.4) is 0 Å². The molecule has 98 valence electrons. The van der Waals surface area contributed by atoms with Crippen molar-refractivity contribution < 1.29 is 13.2 Å². The Hall–Kier alpha value is -2.45. The van der Waals surface area contributed by atoms with Gasteiger partial charge in [-0.2, -0.15) is 22.7 Å². The van der Waals surface area contributed by atoms with Gasteiger partial charge in [0.2, 0.25) is 0 Å². The van der Waals surface area contributed by atoms with Crippen LogP contribution >= 0.6 is 0 Å². The van der Waals surface area contributed by atoms with E-state index in [0.29, 0.717) is 0 Å². The largest absolute Gasteiger partial charge is 0.453 e. The molecule has 0 saturated heterocycles. The van der Waals surface area contributed by atoms with Crippen molar-refractivity contribution in [3.05, 3.63) is 34.6 Å². The van der Waals surface area contributed by atoms with Crippen molar-refractivity contribution in [1.29, 1.82) is 0 Å². The minimum atomic E-state index is -4.65. The minimum Gasteiger partial charge on any atom is -0.318 e. The minimum absolute atomic E-state index is 0.177. The highest BCUT2D eigenvalue weighted by Crippen LogP contribution is 2.26. The van der Waals surface area contributed by atoms with Crippen LogP contribution in [0.1, 0.15) is 5.82 Å². The molecule has 19 heavy (non-hydrogen) atoms. The van der Waals surface area contributed by atoms with Gasteiger partial charge in [0.1, 0.15) is 0 Å². The van der Waals surface area contributed by atoms with Crippen molar-refractivity contribution in [2.75, 3.05) is 0 Å². The summed E-state index contributed by atoms with van der Waals surface area (Å²) in [5, 5.41) is 3.53. The van der Waals surface area contributed by atoms with Gasteiger partial charge in [-0.3, -0.25) is 4.79 Å². The highest BCUT2D eigenvalue weighted by molar-refractivity contribution is 5.78. The first-order valence-electron chi connectivity index (χ1n) is 5.16. The van der Waals surface area contributed by atoms with Crippen LogP contribution in [0.15, 0.2) is 23.3 Å². The van der Waals surface area contributed by atoms with E-state index in [-0.39, 0.29) is 22.2 Å². The molecule has 0 aliphatic rings. The van der Waals surface area contributed by atoms with Crippen molar-refractivity contribution in [3.63, 3.8) is 0 Å². The number of nitrogens with zero attached hydrogens (tertiary/aromatic N) is 5. The SMILES string of the molecule is Cn1ccc2c(cnc3nc(C(F)(F)F)nn32)c1=O. The molecule has 9 heteroatoms. The Morgan fingerprint density at radius 2 is 2.05 bits per heavy atom. The summed E-state index contributed by atoms with van der Waals surface area (Å²) in [6.45, 7) is 0. The number of rotatable bonds is 0. The fourth-order valence-corrected chi connectivity index (χ4v) is 1.74. The van der Waals surface area contributed by atoms with E-state index in [1.165, 1.54) is 30.1 Å². The first-order chi connectivity index (χ1) is 8.88. The summed E-state index contributed by atoms with van der Waals surface area (Å²) in [6.07, 6.45) is -2.01. The first-order valence-corrected chi connectivity index (χ1v) is 5.16. The normalized spacial score (nSPS) is 12.4. The van der Waals surface area contributed by atoms with Crippen LogP contribution in [-0.2, 0) is 13.2 Å². The lowest BCUT2D eigenvalue weighted by Gasteiger charge is -2.01. The quantitative estimate of drug-likeness (QED) is 0.610. The van der Waals surface area contributed by atoms with Crippen LogP contribution in [0.5, 0.6) is 0 Å². The average molecular weight is 269 g/mol. The van der Waals surface area contributed by atoms with Crippen molar-refractivity contribution >= 4 is 16.7 Å². The van der Waals surface area contributed by atoms with E-state index < -0.39 is 12.0 Å². The molecule has 3 aromatic heterocycles. The smallest absolute Gasteiger partial charge is 0.318 e. The summed E-state index contributed by atoms with van der Waals surface area (Å²) in [6, 6.07) is 1.49. The fraction of sp³-hybridized carbons (Fsp3) is 0.200. The zero-order valence-corrected chi connectivity index (χ0v) is 9.51. The molecular formula is C10H6F3N5O. The fourth-order valence-electron chi connectivity index (χ4n) is 1.74. The van der Waals surface area contributed by atoms with Crippen LogP contribution < -0.4 is 5.56 Å². The van der Waals surface area contributed by atoms with Gasteiger partial charge < -0.3 is 4.57 Å². The molecule has 0 aliphatic carbocycles. The van der Waals surface area contributed by atoms with Gasteiger partial charge >= 0.3 is 6.18 Å². The highest BCUT2D eigenvalue weighted by atomic mass is 19.4. The number of hydrogen-bond donors (Lipinski definition) is 0. The van der Waals surface area contributed by atoms with Gasteiger partial charge in [-0.05, 0) is 6.07 Å². The third-order valence-electron chi connectivity index (χ3n) is 2.66. The average Bonchev–Trinajstić information content (AvgIpc) is 2.77. The highest BCUT2D eigenvalue weighted by Gasteiger charge is 2.36. The summed E-state index contributed by atoms with van der Waals surface area (Å²) >= 11 is 0. The molecule has 0 bridgehead atoms. The number of aryl methyl sites for hydroxylation is 1. The summed E-state index contributed by atoms with van der Waals surface area (Å²) < 4.78 is 39.8. The van der Waals surface area contributed by atoms with Crippen molar-refractivity contribution in [2.24, 2.45) is 7.05 Å². The lowest BCUT2D eigenvalue weighted by molar-refractivity contribution is -0.144. The summed E-state index contributed by atoms with van der Waals surface area (Å²) in [4.78, 5) is 18.8. The molecule has 0 aliphatic heterocycles. The third-order valence-corrected chi connectivity index (χ3v) is 2.66. The predicted molar refractivity (Wildman–Crippen MR) is 58.5 cm³/mol. The second kappa shape index (κ2) is 3.53. The van der Waals surface area contributed by atoms with Crippen LogP contribution in [0.4, 0.5) is 13.2 Å². The molecule has 3 rings (SSSR count). The molecule has 0 unspecified atom stereocenters. The number of aromatic nitrogens is 5. The monoisotopic (exact) mass is 269 g/mol. The van der Waals surface area contributed by atoms with Gasteiger partial charge in [-0.25, -0.2) is 4.98 Å². The predicted octanol–water partition coefficient (Wildman–Crippen LogP) is 0.995. The van der Waals surface area contributed by atoms with Gasteiger partial charge in [-0.15, -0.1) is 5.10 Å². The maximum atomic E-state index is 12.5. The lowest BCUT2D eigenvalue weighted by atomic mass is 10.3. The Labute approximate surface area is 103 Å². The molecule has 6 nitrogen and oxygen atoms in total.